The third kappa shape index (κ3) is 4.57. The van der Waals surface area contributed by atoms with E-state index in [0.717, 1.165) is 66.5 Å². The number of nitrogens with one attached hydrogen (secondary N) is 1. The van der Waals surface area contributed by atoms with E-state index in [1.807, 2.05) is 59.4 Å². The van der Waals surface area contributed by atoms with E-state index in [0.29, 0.717) is 13.0 Å². The zero-order valence-electron chi connectivity index (χ0n) is 19.4. The lowest BCUT2D eigenvalue weighted by Gasteiger charge is -2.35. The van der Waals surface area contributed by atoms with Crippen LogP contribution in [0.2, 0.25) is 0 Å². The number of nitrogens with zero attached hydrogens (tertiary/aromatic N) is 6. The van der Waals surface area contributed by atoms with Crippen LogP contribution in [0.25, 0.3) is 16.7 Å². The molecule has 0 spiro atoms. The molecule has 8 heteroatoms. The highest BCUT2D eigenvalue weighted by molar-refractivity contribution is 5.90. The molecular formula is C26H29N7O. The minimum absolute atomic E-state index is 0.0380. The molecule has 8 nitrogen and oxygen atoms in total. The van der Waals surface area contributed by atoms with Gasteiger partial charge < -0.3 is 15.1 Å². The van der Waals surface area contributed by atoms with Crippen LogP contribution in [0.15, 0.2) is 67.0 Å². The molecule has 1 aliphatic rings. The maximum atomic E-state index is 12.3. The molecule has 0 saturated carbocycles. The van der Waals surface area contributed by atoms with E-state index in [4.69, 9.17) is 0 Å². The van der Waals surface area contributed by atoms with E-state index in [1.165, 1.54) is 0 Å². The van der Waals surface area contributed by atoms with Gasteiger partial charge in [-0.25, -0.2) is 4.98 Å². The first kappa shape index (κ1) is 21.9. The lowest BCUT2D eigenvalue weighted by Crippen LogP contribution is -2.47. The minimum Gasteiger partial charge on any atom is -0.356 e. The van der Waals surface area contributed by atoms with Crippen molar-refractivity contribution < 1.29 is 4.79 Å². The van der Waals surface area contributed by atoms with Crippen molar-refractivity contribution in [3.05, 3.63) is 72.6 Å². The van der Waals surface area contributed by atoms with Crippen LogP contribution < -0.4 is 15.1 Å². The summed E-state index contributed by atoms with van der Waals surface area (Å²) in [5.41, 5.74) is 2.01. The molecule has 0 atom stereocenters. The summed E-state index contributed by atoms with van der Waals surface area (Å²) in [5.74, 6) is 2.67. The molecule has 0 radical (unpaired) electrons. The third-order valence-corrected chi connectivity index (χ3v) is 6.18. The van der Waals surface area contributed by atoms with E-state index in [2.05, 4.69) is 49.4 Å². The van der Waals surface area contributed by atoms with Gasteiger partial charge in [0.25, 0.3) is 0 Å². The highest BCUT2D eigenvalue weighted by atomic mass is 16.1. The molecule has 1 N–H and O–H groups in total. The number of fused-ring (bicyclic) bond motifs is 1. The Kier molecular flexibility index (Phi) is 6.38. The number of carbonyl (C=O) groups excluding carboxylic acids is 1. The zero-order chi connectivity index (χ0) is 23.3. The molecular weight excluding hydrogens is 426 g/mol. The Balaban J connectivity index is 1.32. The number of hydrogen-bond acceptors (Lipinski definition) is 6. The van der Waals surface area contributed by atoms with Gasteiger partial charge in [-0.3, -0.25) is 9.36 Å². The summed E-state index contributed by atoms with van der Waals surface area (Å²) in [7, 11) is 0. The van der Waals surface area contributed by atoms with Crippen LogP contribution in [0.5, 0.6) is 0 Å². The van der Waals surface area contributed by atoms with E-state index < -0.39 is 0 Å². The Bertz CT molecular complexity index is 1250. The molecule has 0 aliphatic carbocycles. The highest BCUT2D eigenvalue weighted by Gasteiger charge is 2.20. The van der Waals surface area contributed by atoms with Crippen LogP contribution in [0, 0.1) is 0 Å². The number of pyridine rings is 1. The molecule has 3 aromatic heterocycles. The van der Waals surface area contributed by atoms with Crippen molar-refractivity contribution in [1.29, 1.82) is 0 Å². The fraction of sp³-hybridized carbons (Fsp3) is 0.308. The molecule has 4 heterocycles. The first-order valence-electron chi connectivity index (χ1n) is 11.8. The van der Waals surface area contributed by atoms with Gasteiger partial charge in [0.2, 0.25) is 5.91 Å². The minimum atomic E-state index is 0.0380. The Morgan fingerprint density at radius 2 is 1.59 bits per heavy atom. The summed E-state index contributed by atoms with van der Waals surface area (Å²) in [6.07, 6.45) is 5.11. The van der Waals surface area contributed by atoms with Gasteiger partial charge in [0, 0.05) is 50.5 Å². The summed E-state index contributed by atoms with van der Waals surface area (Å²) >= 11 is 0. The summed E-state index contributed by atoms with van der Waals surface area (Å²) in [6, 6.07) is 18.1. The fourth-order valence-electron chi connectivity index (χ4n) is 4.40. The summed E-state index contributed by atoms with van der Waals surface area (Å²) in [5, 5.41) is 13.1. The molecule has 34 heavy (non-hydrogen) atoms. The number of aromatic nitrogens is 4. The molecule has 1 aliphatic heterocycles. The molecule has 5 rings (SSSR count). The molecule has 0 bridgehead atoms. The lowest BCUT2D eigenvalue weighted by atomic mass is 10.1. The van der Waals surface area contributed by atoms with Gasteiger partial charge >= 0.3 is 0 Å². The van der Waals surface area contributed by atoms with E-state index in [-0.39, 0.29) is 5.91 Å². The lowest BCUT2D eigenvalue weighted by molar-refractivity contribution is -0.120. The van der Waals surface area contributed by atoms with Crippen molar-refractivity contribution >= 4 is 28.4 Å². The standard InChI is InChI=1S/C26H29N7O/c1-2-12-28-26(34)18-20-19-33(22-8-4-3-7-21(20)22)25-11-10-24(29-30-25)32-16-14-31(15-17-32)23-9-5-6-13-27-23/h3-11,13,19H,2,12,14-18H2,1H3,(H,28,34). The predicted molar refractivity (Wildman–Crippen MR) is 135 cm³/mol. The van der Waals surface area contributed by atoms with Crippen molar-refractivity contribution in [2.24, 2.45) is 0 Å². The molecule has 1 aromatic carbocycles. The van der Waals surface area contributed by atoms with E-state index in [9.17, 15) is 4.79 Å². The molecule has 4 aromatic rings. The van der Waals surface area contributed by atoms with Crippen LogP contribution in [0.1, 0.15) is 18.9 Å². The van der Waals surface area contributed by atoms with Crippen LogP contribution in [0.3, 0.4) is 0 Å². The van der Waals surface area contributed by atoms with Crippen LogP contribution in [0.4, 0.5) is 11.6 Å². The smallest absolute Gasteiger partial charge is 0.224 e. The molecule has 0 unspecified atom stereocenters. The van der Waals surface area contributed by atoms with Crippen molar-refractivity contribution in [2.75, 3.05) is 42.5 Å². The third-order valence-electron chi connectivity index (χ3n) is 6.18. The SMILES string of the molecule is CCCNC(=O)Cc1cn(-c2ccc(N3CCN(c4ccccn4)CC3)nn2)c2ccccc12. The molecule has 1 saturated heterocycles. The Hall–Kier alpha value is -3.94. The van der Waals surface area contributed by atoms with Gasteiger partial charge in [-0.2, -0.15) is 0 Å². The molecule has 174 valence electrons. The van der Waals surface area contributed by atoms with Crippen LogP contribution >= 0.6 is 0 Å². The summed E-state index contributed by atoms with van der Waals surface area (Å²) in [6.45, 7) is 6.27. The molecule has 1 fully saturated rings. The second kappa shape index (κ2) is 9.91. The van der Waals surface area contributed by atoms with Gasteiger partial charge in [-0.05, 0) is 42.3 Å². The Morgan fingerprint density at radius 3 is 2.29 bits per heavy atom. The Morgan fingerprint density at radius 1 is 0.882 bits per heavy atom. The zero-order valence-corrected chi connectivity index (χ0v) is 19.4. The van der Waals surface area contributed by atoms with Gasteiger partial charge in [-0.1, -0.05) is 31.2 Å². The van der Waals surface area contributed by atoms with Crippen molar-refractivity contribution in [3.8, 4) is 5.82 Å². The van der Waals surface area contributed by atoms with Gasteiger partial charge in [0.15, 0.2) is 11.6 Å². The fourth-order valence-corrected chi connectivity index (χ4v) is 4.40. The summed E-state index contributed by atoms with van der Waals surface area (Å²) in [4.78, 5) is 21.3. The van der Waals surface area contributed by atoms with E-state index in [1.54, 1.807) is 0 Å². The number of hydrogen-bond donors (Lipinski definition) is 1. The highest BCUT2D eigenvalue weighted by Crippen LogP contribution is 2.25. The maximum absolute atomic E-state index is 12.3. The first-order valence-corrected chi connectivity index (χ1v) is 11.8. The van der Waals surface area contributed by atoms with Crippen LogP contribution in [-0.2, 0) is 11.2 Å². The second-order valence-electron chi connectivity index (χ2n) is 8.48. The van der Waals surface area contributed by atoms with E-state index >= 15 is 0 Å². The number of amides is 1. The van der Waals surface area contributed by atoms with Crippen LogP contribution in [-0.4, -0.2) is 58.4 Å². The quantitative estimate of drug-likeness (QED) is 0.461. The average Bonchev–Trinajstić information content (AvgIpc) is 3.26. The average molecular weight is 456 g/mol. The van der Waals surface area contributed by atoms with Gasteiger partial charge in [-0.15, -0.1) is 10.2 Å². The maximum Gasteiger partial charge on any atom is 0.224 e. The normalized spacial score (nSPS) is 13.9. The second-order valence-corrected chi connectivity index (χ2v) is 8.48. The number of piperazine rings is 1. The van der Waals surface area contributed by atoms with Crippen molar-refractivity contribution in [3.63, 3.8) is 0 Å². The number of rotatable bonds is 7. The Labute approximate surface area is 199 Å². The summed E-state index contributed by atoms with van der Waals surface area (Å²) < 4.78 is 2.02. The number of benzene rings is 1. The molecule has 1 amide bonds. The van der Waals surface area contributed by atoms with Crippen molar-refractivity contribution in [2.45, 2.75) is 19.8 Å². The number of carbonyl (C=O) groups is 1. The first-order chi connectivity index (χ1) is 16.7. The largest absolute Gasteiger partial charge is 0.356 e. The monoisotopic (exact) mass is 455 g/mol. The van der Waals surface area contributed by atoms with Crippen molar-refractivity contribution in [1.82, 2.24) is 25.1 Å². The number of para-hydroxylation sites is 1. The topological polar surface area (TPSA) is 79.2 Å². The van der Waals surface area contributed by atoms with Gasteiger partial charge in [0.05, 0.1) is 11.9 Å². The van der Waals surface area contributed by atoms with Gasteiger partial charge in [0.1, 0.15) is 5.82 Å². The number of anilines is 2. The predicted octanol–water partition coefficient (Wildman–Crippen LogP) is 3.21.